The van der Waals surface area contributed by atoms with Gasteiger partial charge in [0.2, 0.25) is 0 Å². The maximum atomic E-state index is 12.8. The largest absolute Gasteiger partial charge is 0.416 e. The average molecular weight is 428 g/mol. The van der Waals surface area contributed by atoms with Crippen molar-refractivity contribution >= 4 is 34.9 Å². The Hall–Kier alpha value is -2.51. The molecule has 0 radical (unpaired) electrons. The number of aryl methyl sites for hydroxylation is 1. The zero-order valence-electron chi connectivity index (χ0n) is 14.5. The third-order valence-corrected chi connectivity index (χ3v) is 4.73. The minimum absolute atomic E-state index is 0.105. The number of rotatable bonds is 4. The van der Waals surface area contributed by atoms with E-state index in [2.05, 4.69) is 10.4 Å². The zero-order chi connectivity index (χ0) is 20.5. The predicted octanol–water partition coefficient (Wildman–Crippen LogP) is 5.82. The topological polar surface area (TPSA) is 46.9 Å². The summed E-state index contributed by atoms with van der Waals surface area (Å²) in [6.45, 7) is 2.19. The summed E-state index contributed by atoms with van der Waals surface area (Å²) in [6, 6.07) is 11.0. The van der Waals surface area contributed by atoms with Gasteiger partial charge in [-0.15, -0.1) is 0 Å². The molecule has 0 saturated heterocycles. The third-order valence-electron chi connectivity index (χ3n) is 3.99. The number of anilines is 1. The molecule has 0 fully saturated rings. The van der Waals surface area contributed by atoms with Crippen LogP contribution in [0.5, 0.6) is 0 Å². The van der Waals surface area contributed by atoms with Crippen LogP contribution in [0.15, 0.2) is 48.5 Å². The number of benzene rings is 2. The van der Waals surface area contributed by atoms with Crippen molar-refractivity contribution in [1.29, 1.82) is 0 Å². The van der Waals surface area contributed by atoms with Crippen LogP contribution < -0.4 is 5.32 Å². The number of carbonyl (C=O) groups is 1. The van der Waals surface area contributed by atoms with Gasteiger partial charge in [0.15, 0.2) is 5.82 Å². The van der Waals surface area contributed by atoms with E-state index in [-0.39, 0.29) is 11.4 Å². The van der Waals surface area contributed by atoms with Crippen LogP contribution >= 0.6 is 23.2 Å². The molecule has 4 nitrogen and oxygen atoms in total. The Labute approximate surface area is 168 Å². The lowest BCUT2D eigenvalue weighted by atomic mass is 10.1. The standard InChI is InChI=1S/C19H14Cl2F3N3O/c1-11-7-17(26-27(11)10-12-5-6-15(20)16(21)8-12)25-18(28)13-3-2-4-14(9-13)19(22,23)24/h2-9H,10H2,1H3,(H,25,26,28). The number of halogens is 5. The van der Waals surface area contributed by atoms with Crippen molar-refractivity contribution in [3.8, 4) is 0 Å². The van der Waals surface area contributed by atoms with Crippen molar-refractivity contribution < 1.29 is 18.0 Å². The number of nitrogens with zero attached hydrogens (tertiary/aromatic N) is 2. The second-order valence-corrected chi connectivity index (χ2v) is 6.92. The van der Waals surface area contributed by atoms with Crippen LogP contribution in [-0.4, -0.2) is 15.7 Å². The van der Waals surface area contributed by atoms with Crippen LogP contribution in [0.1, 0.15) is 27.2 Å². The molecule has 1 heterocycles. The molecule has 28 heavy (non-hydrogen) atoms. The fourth-order valence-corrected chi connectivity index (χ4v) is 2.89. The number of alkyl halides is 3. The van der Waals surface area contributed by atoms with Crippen molar-refractivity contribution in [1.82, 2.24) is 9.78 Å². The van der Waals surface area contributed by atoms with Gasteiger partial charge in [-0.1, -0.05) is 35.3 Å². The molecule has 0 aliphatic heterocycles. The highest BCUT2D eigenvalue weighted by Crippen LogP contribution is 2.29. The molecule has 2 aromatic carbocycles. The van der Waals surface area contributed by atoms with Crippen molar-refractivity contribution in [2.45, 2.75) is 19.6 Å². The molecule has 0 bridgehead atoms. The van der Waals surface area contributed by atoms with Crippen LogP contribution in [0.25, 0.3) is 0 Å². The van der Waals surface area contributed by atoms with E-state index in [0.29, 0.717) is 16.6 Å². The Morgan fingerprint density at radius 2 is 1.86 bits per heavy atom. The maximum Gasteiger partial charge on any atom is 0.416 e. The molecule has 0 saturated carbocycles. The molecule has 1 N–H and O–H groups in total. The van der Waals surface area contributed by atoms with Gasteiger partial charge in [0.1, 0.15) is 0 Å². The van der Waals surface area contributed by atoms with Gasteiger partial charge in [-0.3, -0.25) is 9.48 Å². The Balaban J connectivity index is 1.76. The summed E-state index contributed by atoms with van der Waals surface area (Å²) in [4.78, 5) is 12.3. The Morgan fingerprint density at radius 3 is 2.54 bits per heavy atom. The monoisotopic (exact) mass is 427 g/mol. The molecule has 1 aromatic heterocycles. The fourth-order valence-electron chi connectivity index (χ4n) is 2.57. The first-order valence-corrected chi connectivity index (χ1v) is 8.86. The normalized spacial score (nSPS) is 11.5. The fraction of sp³-hybridized carbons (Fsp3) is 0.158. The summed E-state index contributed by atoms with van der Waals surface area (Å²) in [5.41, 5.74) is 0.620. The van der Waals surface area contributed by atoms with Gasteiger partial charge in [0.25, 0.3) is 5.91 Å². The van der Waals surface area contributed by atoms with Gasteiger partial charge in [0, 0.05) is 17.3 Å². The first-order chi connectivity index (χ1) is 13.1. The van der Waals surface area contributed by atoms with Crippen LogP contribution in [0.3, 0.4) is 0 Å². The minimum atomic E-state index is -4.52. The van der Waals surface area contributed by atoms with Crippen molar-refractivity contribution in [3.05, 3.63) is 81.0 Å². The molecule has 9 heteroatoms. The third kappa shape index (κ3) is 4.66. The summed E-state index contributed by atoms with van der Waals surface area (Å²) >= 11 is 11.9. The van der Waals surface area contributed by atoms with Crippen molar-refractivity contribution in [2.24, 2.45) is 0 Å². The maximum absolute atomic E-state index is 12.8. The number of carbonyl (C=O) groups excluding carboxylic acids is 1. The lowest BCUT2D eigenvalue weighted by molar-refractivity contribution is -0.137. The molecule has 1 amide bonds. The number of aromatic nitrogens is 2. The van der Waals surface area contributed by atoms with E-state index in [1.54, 1.807) is 35.9 Å². The Kier molecular flexibility index (Phi) is 5.67. The van der Waals surface area contributed by atoms with E-state index < -0.39 is 17.6 Å². The molecule has 0 unspecified atom stereocenters. The van der Waals surface area contributed by atoms with Gasteiger partial charge < -0.3 is 5.32 Å². The minimum Gasteiger partial charge on any atom is -0.305 e. The van der Waals surface area contributed by atoms with E-state index in [4.69, 9.17) is 23.2 Å². The first kappa shape index (κ1) is 20.2. The molecule has 146 valence electrons. The van der Waals surface area contributed by atoms with E-state index in [0.717, 1.165) is 23.4 Å². The summed E-state index contributed by atoms with van der Waals surface area (Å²) < 4.78 is 40.1. The lowest BCUT2D eigenvalue weighted by Crippen LogP contribution is -2.14. The van der Waals surface area contributed by atoms with E-state index >= 15 is 0 Å². The summed E-state index contributed by atoms with van der Waals surface area (Å²) in [6.07, 6.45) is -4.52. The second kappa shape index (κ2) is 7.85. The molecule has 0 atom stereocenters. The van der Waals surface area contributed by atoms with Gasteiger partial charge in [-0.05, 0) is 42.8 Å². The molecular weight excluding hydrogens is 414 g/mol. The predicted molar refractivity (Wildman–Crippen MR) is 102 cm³/mol. The molecule has 0 aliphatic rings. The first-order valence-electron chi connectivity index (χ1n) is 8.10. The molecular formula is C19H14Cl2F3N3O. The number of hydrogen-bond acceptors (Lipinski definition) is 2. The van der Waals surface area contributed by atoms with E-state index in [9.17, 15) is 18.0 Å². The Bertz CT molecular complexity index is 1030. The highest BCUT2D eigenvalue weighted by molar-refractivity contribution is 6.42. The van der Waals surface area contributed by atoms with Crippen LogP contribution in [0.4, 0.5) is 19.0 Å². The number of nitrogens with one attached hydrogen (secondary N) is 1. The van der Waals surface area contributed by atoms with Crippen LogP contribution in [0, 0.1) is 6.92 Å². The smallest absolute Gasteiger partial charge is 0.305 e. The van der Waals surface area contributed by atoms with E-state index in [1.165, 1.54) is 12.1 Å². The highest BCUT2D eigenvalue weighted by atomic mass is 35.5. The van der Waals surface area contributed by atoms with Gasteiger partial charge in [-0.25, -0.2) is 0 Å². The van der Waals surface area contributed by atoms with Gasteiger partial charge in [-0.2, -0.15) is 18.3 Å². The summed E-state index contributed by atoms with van der Waals surface area (Å²) in [5, 5.41) is 7.66. The molecule has 3 rings (SSSR count). The van der Waals surface area contributed by atoms with Crippen molar-refractivity contribution in [3.63, 3.8) is 0 Å². The quantitative estimate of drug-likeness (QED) is 0.570. The van der Waals surface area contributed by atoms with Crippen LogP contribution in [0.2, 0.25) is 10.0 Å². The average Bonchev–Trinajstić information content (AvgIpc) is 2.96. The molecule has 0 spiro atoms. The number of amides is 1. The summed E-state index contributed by atoms with van der Waals surface area (Å²) in [5.74, 6) is -0.440. The molecule has 3 aromatic rings. The summed E-state index contributed by atoms with van der Waals surface area (Å²) in [7, 11) is 0. The highest BCUT2D eigenvalue weighted by Gasteiger charge is 2.30. The second-order valence-electron chi connectivity index (χ2n) is 6.11. The number of hydrogen-bond donors (Lipinski definition) is 1. The van der Waals surface area contributed by atoms with Gasteiger partial charge >= 0.3 is 6.18 Å². The molecule has 0 aliphatic carbocycles. The van der Waals surface area contributed by atoms with Crippen LogP contribution in [-0.2, 0) is 12.7 Å². The van der Waals surface area contributed by atoms with E-state index in [1.807, 2.05) is 0 Å². The Morgan fingerprint density at radius 1 is 1.11 bits per heavy atom. The van der Waals surface area contributed by atoms with Gasteiger partial charge in [0.05, 0.1) is 22.2 Å². The van der Waals surface area contributed by atoms with Crippen molar-refractivity contribution in [2.75, 3.05) is 5.32 Å². The zero-order valence-corrected chi connectivity index (χ0v) is 16.0. The lowest BCUT2D eigenvalue weighted by Gasteiger charge is -2.08. The SMILES string of the molecule is Cc1cc(NC(=O)c2cccc(C(F)(F)F)c2)nn1Cc1ccc(Cl)c(Cl)c1.